The summed E-state index contributed by atoms with van der Waals surface area (Å²) in [5.74, 6) is -2.77. The van der Waals surface area contributed by atoms with Gasteiger partial charge < -0.3 is 20.3 Å². The van der Waals surface area contributed by atoms with E-state index in [9.17, 15) is 20.0 Å². The molecule has 0 aliphatic carbocycles. The SMILES string of the molecule is COC(=O)C1=C(C(=O)OC)N(c2ccc(Br)cc2C(O)c2ccccc2)C(N)=C(C#N)C1c1ccccc1. The number of carbonyl (C=O) groups is 2. The van der Waals surface area contributed by atoms with Crippen molar-refractivity contribution in [2.75, 3.05) is 19.1 Å². The highest BCUT2D eigenvalue weighted by atomic mass is 79.9. The maximum atomic E-state index is 13.4. The second-order valence-corrected chi connectivity index (χ2v) is 9.27. The molecule has 0 saturated heterocycles. The summed E-state index contributed by atoms with van der Waals surface area (Å²) in [7, 11) is 2.37. The molecule has 0 radical (unpaired) electrons. The van der Waals surface area contributed by atoms with Gasteiger partial charge in [0, 0.05) is 10.0 Å². The quantitative estimate of drug-likeness (QED) is 0.415. The molecule has 192 valence electrons. The zero-order valence-electron chi connectivity index (χ0n) is 20.6. The monoisotopic (exact) mass is 573 g/mol. The van der Waals surface area contributed by atoms with Crippen molar-refractivity contribution in [1.29, 1.82) is 5.26 Å². The van der Waals surface area contributed by atoms with Crippen LogP contribution in [0.15, 0.2) is 106 Å². The van der Waals surface area contributed by atoms with E-state index in [0.717, 1.165) is 0 Å². The summed E-state index contributed by atoms with van der Waals surface area (Å²) in [6.07, 6.45) is -1.13. The van der Waals surface area contributed by atoms with Crippen LogP contribution in [0.5, 0.6) is 0 Å². The number of nitrogens with zero attached hydrogens (tertiary/aromatic N) is 2. The number of nitriles is 1. The molecule has 3 aromatic rings. The Labute approximate surface area is 228 Å². The third kappa shape index (κ3) is 4.79. The minimum absolute atomic E-state index is 0.0346. The number of allylic oxidation sites excluding steroid dienone is 1. The smallest absolute Gasteiger partial charge is 0.355 e. The molecule has 2 unspecified atom stereocenters. The van der Waals surface area contributed by atoms with Gasteiger partial charge in [-0.3, -0.25) is 4.90 Å². The van der Waals surface area contributed by atoms with Crippen LogP contribution in [0.3, 0.4) is 0 Å². The van der Waals surface area contributed by atoms with Crippen LogP contribution in [-0.2, 0) is 19.1 Å². The van der Waals surface area contributed by atoms with E-state index < -0.39 is 24.0 Å². The topological polar surface area (TPSA) is 126 Å². The third-order valence-electron chi connectivity index (χ3n) is 6.25. The van der Waals surface area contributed by atoms with E-state index >= 15 is 0 Å². The van der Waals surface area contributed by atoms with Gasteiger partial charge in [0.2, 0.25) is 0 Å². The molecule has 2 atom stereocenters. The number of methoxy groups -OCH3 is 2. The van der Waals surface area contributed by atoms with Crippen LogP contribution in [0.1, 0.15) is 28.7 Å². The van der Waals surface area contributed by atoms with E-state index in [2.05, 4.69) is 22.0 Å². The molecular formula is C29H24BrN3O5. The first-order valence-corrected chi connectivity index (χ1v) is 12.3. The number of rotatable bonds is 6. The molecule has 0 bridgehead atoms. The van der Waals surface area contributed by atoms with Crippen molar-refractivity contribution in [1.82, 2.24) is 0 Å². The molecule has 0 fully saturated rings. The van der Waals surface area contributed by atoms with Crippen molar-refractivity contribution < 1.29 is 24.2 Å². The normalized spacial score (nSPS) is 16.1. The van der Waals surface area contributed by atoms with E-state index in [0.29, 0.717) is 21.2 Å². The first-order valence-electron chi connectivity index (χ1n) is 11.5. The van der Waals surface area contributed by atoms with Crippen molar-refractivity contribution in [2.45, 2.75) is 12.0 Å². The second kappa shape index (κ2) is 11.3. The van der Waals surface area contributed by atoms with Crippen molar-refractivity contribution in [3.63, 3.8) is 0 Å². The lowest BCUT2D eigenvalue weighted by molar-refractivity contribution is -0.139. The number of hydrogen-bond donors (Lipinski definition) is 2. The maximum Gasteiger partial charge on any atom is 0.355 e. The van der Waals surface area contributed by atoms with Gasteiger partial charge >= 0.3 is 11.9 Å². The number of aliphatic hydroxyl groups excluding tert-OH is 1. The molecule has 0 saturated carbocycles. The van der Waals surface area contributed by atoms with Crippen LogP contribution >= 0.6 is 15.9 Å². The summed E-state index contributed by atoms with van der Waals surface area (Å²) >= 11 is 3.44. The van der Waals surface area contributed by atoms with Crippen molar-refractivity contribution in [2.24, 2.45) is 5.73 Å². The van der Waals surface area contributed by atoms with Gasteiger partial charge in [-0.15, -0.1) is 0 Å². The Bertz CT molecular complexity index is 1480. The van der Waals surface area contributed by atoms with Crippen molar-refractivity contribution >= 4 is 33.6 Å². The molecule has 0 spiro atoms. The lowest BCUT2D eigenvalue weighted by Crippen LogP contribution is -2.41. The average Bonchev–Trinajstić information content (AvgIpc) is 2.96. The van der Waals surface area contributed by atoms with E-state index in [-0.39, 0.29) is 28.4 Å². The van der Waals surface area contributed by atoms with Crippen LogP contribution in [0.25, 0.3) is 0 Å². The third-order valence-corrected chi connectivity index (χ3v) is 6.74. The summed E-state index contributed by atoms with van der Waals surface area (Å²) in [5, 5.41) is 21.6. The number of esters is 2. The van der Waals surface area contributed by atoms with Gasteiger partial charge in [0.05, 0.1) is 43.0 Å². The van der Waals surface area contributed by atoms with E-state index in [4.69, 9.17) is 15.2 Å². The molecule has 3 N–H and O–H groups in total. The van der Waals surface area contributed by atoms with Crippen LogP contribution in [0.4, 0.5) is 5.69 Å². The number of anilines is 1. The highest BCUT2D eigenvalue weighted by molar-refractivity contribution is 9.10. The zero-order chi connectivity index (χ0) is 27.4. The first kappa shape index (κ1) is 26.7. The van der Waals surface area contributed by atoms with Gasteiger partial charge in [0.1, 0.15) is 17.6 Å². The fourth-order valence-electron chi connectivity index (χ4n) is 4.53. The Morgan fingerprint density at radius 3 is 2.18 bits per heavy atom. The predicted octanol–water partition coefficient (Wildman–Crippen LogP) is 4.43. The predicted molar refractivity (Wildman–Crippen MR) is 144 cm³/mol. The summed E-state index contributed by atoms with van der Waals surface area (Å²) in [5.41, 5.74) is 8.13. The Balaban J connectivity index is 2.07. The van der Waals surface area contributed by atoms with E-state index in [1.165, 1.54) is 19.1 Å². The van der Waals surface area contributed by atoms with Gasteiger partial charge in [-0.25, -0.2) is 9.59 Å². The van der Waals surface area contributed by atoms with Gasteiger partial charge in [0.15, 0.2) is 0 Å². The molecule has 8 nitrogen and oxygen atoms in total. The van der Waals surface area contributed by atoms with Crippen LogP contribution < -0.4 is 10.6 Å². The Hall–Kier alpha value is -4.39. The standard InChI is InChI=1S/C29H24BrN3O5/c1-37-28(35)24-23(17-9-5-3-6-10-17)21(16-31)27(32)33(25(24)29(36)38-2)22-14-13-19(30)15-20(22)26(34)18-11-7-4-8-12-18/h3-15,23,26,34H,32H2,1-2H3. The summed E-state index contributed by atoms with van der Waals surface area (Å²) < 4.78 is 10.8. The molecule has 1 aliphatic heterocycles. The number of carbonyl (C=O) groups excluding carboxylic acids is 2. The van der Waals surface area contributed by atoms with Gasteiger partial charge in [-0.1, -0.05) is 76.6 Å². The van der Waals surface area contributed by atoms with Gasteiger partial charge in [-0.05, 0) is 29.3 Å². The number of aliphatic hydroxyl groups is 1. The number of halogens is 1. The minimum atomic E-state index is -1.13. The number of ether oxygens (including phenoxy) is 2. The average molecular weight is 574 g/mol. The van der Waals surface area contributed by atoms with E-state index in [1.807, 2.05) is 6.07 Å². The molecule has 3 aromatic carbocycles. The molecule has 0 amide bonds. The summed E-state index contributed by atoms with van der Waals surface area (Å²) in [6.45, 7) is 0. The Morgan fingerprint density at radius 1 is 1.00 bits per heavy atom. The van der Waals surface area contributed by atoms with Crippen molar-refractivity contribution in [3.05, 3.63) is 123 Å². The van der Waals surface area contributed by atoms with Gasteiger partial charge in [-0.2, -0.15) is 5.26 Å². The number of nitrogens with two attached hydrogens (primary N) is 1. The molecule has 0 aromatic heterocycles. The summed E-state index contributed by atoms with van der Waals surface area (Å²) in [4.78, 5) is 27.9. The van der Waals surface area contributed by atoms with Gasteiger partial charge in [0.25, 0.3) is 0 Å². The Kier molecular flexibility index (Phi) is 7.96. The molecule has 4 rings (SSSR count). The number of hydrogen-bond acceptors (Lipinski definition) is 8. The largest absolute Gasteiger partial charge is 0.466 e. The molecule has 9 heteroatoms. The fourth-order valence-corrected chi connectivity index (χ4v) is 4.91. The fraction of sp³-hybridized carbons (Fsp3) is 0.138. The lowest BCUT2D eigenvalue weighted by Gasteiger charge is -2.37. The number of benzene rings is 3. The summed E-state index contributed by atoms with van der Waals surface area (Å²) in [6, 6.07) is 24.8. The molecule has 1 heterocycles. The van der Waals surface area contributed by atoms with Crippen LogP contribution in [-0.4, -0.2) is 31.3 Å². The zero-order valence-corrected chi connectivity index (χ0v) is 22.2. The van der Waals surface area contributed by atoms with Crippen molar-refractivity contribution in [3.8, 4) is 6.07 Å². The molecule has 1 aliphatic rings. The minimum Gasteiger partial charge on any atom is -0.466 e. The molecule has 38 heavy (non-hydrogen) atoms. The highest BCUT2D eigenvalue weighted by Crippen LogP contribution is 2.45. The second-order valence-electron chi connectivity index (χ2n) is 8.35. The lowest BCUT2D eigenvalue weighted by atomic mass is 9.80. The first-order chi connectivity index (χ1) is 18.3. The van der Waals surface area contributed by atoms with Crippen LogP contribution in [0, 0.1) is 11.3 Å². The van der Waals surface area contributed by atoms with Crippen LogP contribution in [0.2, 0.25) is 0 Å². The Morgan fingerprint density at radius 2 is 1.61 bits per heavy atom. The van der Waals surface area contributed by atoms with E-state index in [1.54, 1.807) is 72.8 Å². The maximum absolute atomic E-state index is 13.4. The highest BCUT2D eigenvalue weighted by Gasteiger charge is 2.43. The molecular weight excluding hydrogens is 550 g/mol.